The van der Waals surface area contributed by atoms with Crippen LogP contribution in [-0.4, -0.2) is 6.10 Å². The molecule has 0 N–H and O–H groups in total. The van der Waals surface area contributed by atoms with E-state index in [0.29, 0.717) is 0 Å². The standard InChI is InChI=1S/C5H7O/c1-4-5(2)6-3/h1,5H,3H2,2H3. The van der Waals surface area contributed by atoms with E-state index in [1.807, 2.05) is 0 Å². The minimum atomic E-state index is -0.148. The molecule has 0 saturated carbocycles. The Morgan fingerprint density at radius 2 is 2.50 bits per heavy atom. The topological polar surface area (TPSA) is 9.23 Å². The van der Waals surface area contributed by atoms with Crippen molar-refractivity contribution < 1.29 is 4.74 Å². The molecule has 0 aromatic rings. The van der Waals surface area contributed by atoms with Gasteiger partial charge in [0.1, 0.15) is 6.10 Å². The summed E-state index contributed by atoms with van der Waals surface area (Å²) in [5, 5.41) is 0. The molecular formula is C5H7O. The zero-order chi connectivity index (χ0) is 4.99. The van der Waals surface area contributed by atoms with Crippen LogP contribution in [0, 0.1) is 19.5 Å². The van der Waals surface area contributed by atoms with Gasteiger partial charge in [0.05, 0.1) is 7.11 Å². The number of hydrogen-bond donors (Lipinski definition) is 0. The number of hydrogen-bond acceptors (Lipinski definition) is 1. The first-order chi connectivity index (χ1) is 2.81. The highest BCUT2D eigenvalue weighted by Gasteiger charge is 1.84. The normalized spacial score (nSPS) is 12.8. The van der Waals surface area contributed by atoms with Crippen molar-refractivity contribution in [1.29, 1.82) is 0 Å². The Labute approximate surface area is 38.3 Å². The summed E-state index contributed by atoms with van der Waals surface area (Å²) in [6, 6.07) is 0. The highest BCUT2D eigenvalue weighted by atomic mass is 16.5. The lowest BCUT2D eigenvalue weighted by atomic mass is 10.4. The number of terminal acetylenes is 1. The van der Waals surface area contributed by atoms with Gasteiger partial charge in [0.25, 0.3) is 0 Å². The molecule has 1 nitrogen and oxygen atoms in total. The van der Waals surface area contributed by atoms with Crippen LogP contribution in [-0.2, 0) is 4.74 Å². The van der Waals surface area contributed by atoms with Crippen LogP contribution in [0.25, 0.3) is 0 Å². The van der Waals surface area contributed by atoms with Crippen LogP contribution in [0.5, 0.6) is 0 Å². The number of ether oxygens (including phenoxy) is 1. The van der Waals surface area contributed by atoms with Gasteiger partial charge in [0.15, 0.2) is 0 Å². The van der Waals surface area contributed by atoms with E-state index in [1.54, 1.807) is 6.92 Å². The van der Waals surface area contributed by atoms with Gasteiger partial charge in [-0.2, -0.15) is 0 Å². The molecule has 33 valence electrons. The van der Waals surface area contributed by atoms with Crippen LogP contribution < -0.4 is 0 Å². The molecule has 0 aliphatic carbocycles. The first-order valence-corrected chi connectivity index (χ1v) is 1.68. The smallest absolute Gasteiger partial charge is 0.115 e. The summed E-state index contributed by atoms with van der Waals surface area (Å²) in [5.41, 5.74) is 0. The Balaban J connectivity index is 3.04. The van der Waals surface area contributed by atoms with Gasteiger partial charge in [0, 0.05) is 0 Å². The van der Waals surface area contributed by atoms with Crippen molar-refractivity contribution in [3.8, 4) is 12.3 Å². The highest BCUT2D eigenvalue weighted by Crippen LogP contribution is 1.80. The van der Waals surface area contributed by atoms with Crippen molar-refractivity contribution in [2.75, 3.05) is 0 Å². The summed E-state index contributed by atoms with van der Waals surface area (Å²) in [5.74, 6) is 2.33. The van der Waals surface area contributed by atoms with Gasteiger partial charge >= 0.3 is 0 Å². The van der Waals surface area contributed by atoms with Gasteiger partial charge in [-0.1, -0.05) is 5.92 Å². The molecule has 0 aliphatic rings. The lowest BCUT2D eigenvalue weighted by molar-refractivity contribution is 0.205. The zero-order valence-corrected chi connectivity index (χ0v) is 3.77. The van der Waals surface area contributed by atoms with Crippen LogP contribution in [0.4, 0.5) is 0 Å². The van der Waals surface area contributed by atoms with E-state index in [4.69, 9.17) is 6.42 Å². The lowest BCUT2D eigenvalue weighted by Crippen LogP contribution is -1.96. The zero-order valence-electron chi connectivity index (χ0n) is 3.77. The molecule has 0 bridgehead atoms. The fourth-order valence-electron chi connectivity index (χ4n) is 0.0481. The molecule has 0 amide bonds. The maximum absolute atomic E-state index is 4.87. The summed E-state index contributed by atoms with van der Waals surface area (Å²) in [6.45, 7) is 1.76. The third kappa shape index (κ3) is 1.80. The van der Waals surface area contributed by atoms with Crippen molar-refractivity contribution in [2.24, 2.45) is 0 Å². The predicted octanol–water partition coefficient (Wildman–Crippen LogP) is 0.816. The molecule has 0 aromatic carbocycles. The molecule has 6 heavy (non-hydrogen) atoms. The molecule has 0 rings (SSSR count). The highest BCUT2D eigenvalue weighted by molar-refractivity contribution is 4.91. The van der Waals surface area contributed by atoms with Gasteiger partial charge in [-0.05, 0) is 6.92 Å². The summed E-state index contributed by atoms with van der Waals surface area (Å²) < 4.78 is 4.41. The minimum absolute atomic E-state index is 0.148. The Kier molecular flexibility index (Phi) is 2.52. The second-order valence-corrected chi connectivity index (χ2v) is 0.976. The summed E-state index contributed by atoms with van der Waals surface area (Å²) in [7, 11) is 3.11. The third-order valence-electron chi connectivity index (χ3n) is 0.485. The van der Waals surface area contributed by atoms with Crippen molar-refractivity contribution in [2.45, 2.75) is 13.0 Å². The van der Waals surface area contributed by atoms with E-state index in [2.05, 4.69) is 17.8 Å². The molecule has 1 unspecified atom stereocenters. The van der Waals surface area contributed by atoms with Crippen LogP contribution in [0.2, 0.25) is 0 Å². The molecule has 0 heterocycles. The van der Waals surface area contributed by atoms with Crippen molar-refractivity contribution in [3.63, 3.8) is 0 Å². The second-order valence-electron chi connectivity index (χ2n) is 0.976. The minimum Gasteiger partial charge on any atom is -0.363 e. The Morgan fingerprint density at radius 1 is 2.00 bits per heavy atom. The molecule has 0 aliphatic heterocycles. The van der Waals surface area contributed by atoms with Gasteiger partial charge in [-0.25, -0.2) is 0 Å². The lowest BCUT2D eigenvalue weighted by Gasteiger charge is -1.94. The summed E-state index contributed by atoms with van der Waals surface area (Å²) >= 11 is 0. The van der Waals surface area contributed by atoms with E-state index >= 15 is 0 Å². The van der Waals surface area contributed by atoms with Crippen LogP contribution in [0.3, 0.4) is 0 Å². The van der Waals surface area contributed by atoms with Crippen LogP contribution in [0.15, 0.2) is 0 Å². The Bertz CT molecular complexity index is 60.8. The average Bonchev–Trinajstić information content (AvgIpc) is 1.65. The first-order valence-electron chi connectivity index (χ1n) is 1.68. The molecule has 0 aromatic heterocycles. The molecule has 1 radical (unpaired) electrons. The van der Waals surface area contributed by atoms with Crippen LogP contribution in [0.1, 0.15) is 6.92 Å². The largest absolute Gasteiger partial charge is 0.363 e. The van der Waals surface area contributed by atoms with E-state index < -0.39 is 0 Å². The SMILES string of the molecule is C#CC(C)O[CH2]. The van der Waals surface area contributed by atoms with E-state index in [1.165, 1.54) is 0 Å². The maximum Gasteiger partial charge on any atom is 0.115 e. The maximum atomic E-state index is 4.87. The summed E-state index contributed by atoms with van der Waals surface area (Å²) in [4.78, 5) is 0. The van der Waals surface area contributed by atoms with Crippen molar-refractivity contribution in [3.05, 3.63) is 7.11 Å². The third-order valence-corrected chi connectivity index (χ3v) is 0.485. The molecule has 0 saturated heterocycles. The van der Waals surface area contributed by atoms with Crippen molar-refractivity contribution >= 4 is 0 Å². The molecule has 0 spiro atoms. The quantitative estimate of drug-likeness (QED) is 0.426. The second kappa shape index (κ2) is 2.74. The van der Waals surface area contributed by atoms with Crippen molar-refractivity contribution in [1.82, 2.24) is 0 Å². The first kappa shape index (κ1) is 5.52. The molecule has 0 fully saturated rings. The molecular weight excluding hydrogens is 76.1 g/mol. The van der Waals surface area contributed by atoms with Gasteiger partial charge in [-0.15, -0.1) is 6.42 Å². The molecule has 1 atom stereocenters. The Hall–Kier alpha value is -0.480. The monoisotopic (exact) mass is 83.0 g/mol. The fraction of sp³-hybridized carbons (Fsp3) is 0.400. The Morgan fingerprint density at radius 3 is 2.50 bits per heavy atom. The van der Waals surface area contributed by atoms with E-state index in [0.717, 1.165) is 0 Å². The van der Waals surface area contributed by atoms with Gasteiger partial charge < -0.3 is 4.74 Å². The predicted molar refractivity (Wildman–Crippen MR) is 24.7 cm³/mol. The molecule has 1 heteroatoms. The van der Waals surface area contributed by atoms with Gasteiger partial charge in [-0.3, -0.25) is 0 Å². The van der Waals surface area contributed by atoms with E-state index in [9.17, 15) is 0 Å². The van der Waals surface area contributed by atoms with Crippen LogP contribution >= 0.6 is 0 Å². The average molecular weight is 83.1 g/mol. The van der Waals surface area contributed by atoms with Gasteiger partial charge in [0.2, 0.25) is 0 Å². The van der Waals surface area contributed by atoms with E-state index in [-0.39, 0.29) is 6.10 Å². The number of rotatable bonds is 1. The summed E-state index contributed by atoms with van der Waals surface area (Å²) in [6.07, 6.45) is 4.72. The fourth-order valence-corrected chi connectivity index (χ4v) is 0.0481.